The van der Waals surface area contributed by atoms with Gasteiger partial charge >= 0.3 is 0 Å². The van der Waals surface area contributed by atoms with Gasteiger partial charge in [-0.05, 0) is 31.2 Å². The Morgan fingerprint density at radius 2 is 1.96 bits per heavy atom. The lowest BCUT2D eigenvalue weighted by molar-refractivity contribution is -0.124. The van der Waals surface area contributed by atoms with Crippen LogP contribution in [0.1, 0.15) is 43.4 Å². The molecule has 0 bridgehead atoms. The summed E-state index contributed by atoms with van der Waals surface area (Å²) in [6.07, 6.45) is 3.08. The minimum absolute atomic E-state index is 0.0252. The summed E-state index contributed by atoms with van der Waals surface area (Å²) < 4.78 is 1.69. The lowest BCUT2D eigenvalue weighted by atomic mass is 10.0. The second kappa shape index (κ2) is 8.05. The first-order valence-corrected chi connectivity index (χ1v) is 8.77. The molecule has 2 amide bonds. The third kappa shape index (κ3) is 4.41. The molecule has 0 aliphatic carbocycles. The van der Waals surface area contributed by atoms with Crippen LogP contribution in [0.15, 0.2) is 30.2 Å². The zero-order chi connectivity index (χ0) is 17.7. The van der Waals surface area contributed by atoms with Gasteiger partial charge in [0.25, 0.3) is 5.91 Å². The van der Waals surface area contributed by atoms with Crippen LogP contribution in [0.25, 0.3) is 0 Å². The van der Waals surface area contributed by atoms with Gasteiger partial charge in [0.05, 0.1) is 10.9 Å². The van der Waals surface area contributed by atoms with Gasteiger partial charge < -0.3 is 10.6 Å². The van der Waals surface area contributed by atoms with Crippen LogP contribution in [0, 0.1) is 5.92 Å². The number of nitrogens with zero attached hydrogens (tertiary/aromatic N) is 3. The zero-order valence-electron chi connectivity index (χ0n) is 14.3. The molecule has 0 saturated carbocycles. The summed E-state index contributed by atoms with van der Waals surface area (Å²) in [4.78, 5) is 29.3. The van der Waals surface area contributed by atoms with Crippen molar-refractivity contribution in [3.63, 3.8) is 0 Å². The Morgan fingerprint density at radius 1 is 1.21 bits per heavy atom. The number of carbonyl (C=O) groups excluding carboxylic acids is 2. The van der Waals surface area contributed by atoms with Crippen LogP contribution < -0.4 is 10.6 Å². The highest BCUT2D eigenvalue weighted by Crippen LogP contribution is 2.12. The third-order valence-electron chi connectivity index (χ3n) is 3.93. The number of hydrogen-bond acceptors (Lipinski definition) is 5. The molecule has 0 aliphatic rings. The van der Waals surface area contributed by atoms with E-state index in [4.69, 9.17) is 0 Å². The summed E-state index contributed by atoms with van der Waals surface area (Å²) in [6, 6.07) is 2.76. The zero-order valence-corrected chi connectivity index (χ0v) is 15.1. The Labute approximate surface area is 145 Å². The van der Waals surface area contributed by atoms with Crippen LogP contribution in [0.3, 0.4) is 0 Å². The van der Waals surface area contributed by atoms with Gasteiger partial charge in [0.2, 0.25) is 5.91 Å². The highest BCUT2D eigenvalue weighted by atomic mass is 32.1. The van der Waals surface area contributed by atoms with E-state index in [9.17, 15) is 9.59 Å². The molecule has 0 aromatic carbocycles. The molecule has 2 rings (SSSR count). The molecule has 0 aliphatic heterocycles. The van der Waals surface area contributed by atoms with Crippen LogP contribution in [-0.2, 0) is 4.79 Å². The molecule has 3 unspecified atom stereocenters. The van der Waals surface area contributed by atoms with Gasteiger partial charge in [0.1, 0.15) is 18.7 Å². The minimum Gasteiger partial charge on any atom is -0.350 e. The number of amides is 2. The van der Waals surface area contributed by atoms with Crippen LogP contribution >= 0.6 is 11.3 Å². The monoisotopic (exact) mass is 349 g/mol. The predicted octanol–water partition coefficient (Wildman–Crippen LogP) is 1.86. The fourth-order valence-corrected chi connectivity index (χ4v) is 2.87. The van der Waals surface area contributed by atoms with Gasteiger partial charge in [-0.25, -0.2) is 9.67 Å². The van der Waals surface area contributed by atoms with E-state index in [-0.39, 0.29) is 29.8 Å². The molecule has 3 atom stereocenters. The standard InChI is InChI=1S/C16H23N5O2S/c1-10(2)14(20-15(22)13-6-5-7-24-13)16(23)19-11(3)12(4)21-9-17-8-18-21/h5-12,14H,1-4H3,(H,19,23)(H,20,22). The molecule has 2 aromatic rings. The molecular formula is C16H23N5O2S. The number of hydrogen-bond donors (Lipinski definition) is 2. The maximum atomic E-state index is 12.6. The Kier molecular flexibility index (Phi) is 6.08. The number of carbonyl (C=O) groups is 2. The normalized spacial score (nSPS) is 14.9. The summed E-state index contributed by atoms with van der Waals surface area (Å²) in [7, 11) is 0. The lowest BCUT2D eigenvalue weighted by Crippen LogP contribution is -2.52. The second-order valence-corrected chi connectivity index (χ2v) is 7.03. The van der Waals surface area contributed by atoms with Crippen molar-refractivity contribution in [2.75, 3.05) is 0 Å². The van der Waals surface area contributed by atoms with Gasteiger partial charge in [0.15, 0.2) is 0 Å². The lowest BCUT2D eigenvalue weighted by Gasteiger charge is -2.26. The molecule has 0 spiro atoms. The molecule has 24 heavy (non-hydrogen) atoms. The van der Waals surface area contributed by atoms with E-state index in [0.29, 0.717) is 4.88 Å². The van der Waals surface area contributed by atoms with Crippen molar-refractivity contribution in [2.45, 2.75) is 45.8 Å². The number of rotatable bonds is 7. The van der Waals surface area contributed by atoms with Crippen molar-refractivity contribution in [1.29, 1.82) is 0 Å². The maximum Gasteiger partial charge on any atom is 0.262 e. The van der Waals surface area contributed by atoms with E-state index >= 15 is 0 Å². The molecule has 0 saturated heterocycles. The van der Waals surface area contributed by atoms with Crippen molar-refractivity contribution in [2.24, 2.45) is 5.92 Å². The van der Waals surface area contributed by atoms with E-state index in [1.165, 1.54) is 17.7 Å². The van der Waals surface area contributed by atoms with E-state index in [0.717, 1.165) is 0 Å². The summed E-state index contributed by atoms with van der Waals surface area (Å²) in [5, 5.41) is 11.7. The van der Waals surface area contributed by atoms with E-state index in [2.05, 4.69) is 20.7 Å². The Morgan fingerprint density at radius 3 is 2.50 bits per heavy atom. The van der Waals surface area contributed by atoms with Crippen LogP contribution in [0.5, 0.6) is 0 Å². The number of aromatic nitrogens is 3. The first-order chi connectivity index (χ1) is 11.4. The molecule has 0 fully saturated rings. The smallest absolute Gasteiger partial charge is 0.262 e. The van der Waals surface area contributed by atoms with Crippen LogP contribution in [-0.4, -0.2) is 38.7 Å². The summed E-state index contributed by atoms with van der Waals surface area (Å²) in [5.41, 5.74) is 0. The van der Waals surface area contributed by atoms with Crippen molar-refractivity contribution in [3.05, 3.63) is 35.0 Å². The van der Waals surface area contributed by atoms with Gasteiger partial charge in [-0.2, -0.15) is 5.10 Å². The maximum absolute atomic E-state index is 12.6. The van der Waals surface area contributed by atoms with Gasteiger partial charge in [-0.15, -0.1) is 11.3 Å². The van der Waals surface area contributed by atoms with Crippen molar-refractivity contribution >= 4 is 23.2 Å². The van der Waals surface area contributed by atoms with Crippen molar-refractivity contribution in [1.82, 2.24) is 25.4 Å². The van der Waals surface area contributed by atoms with Crippen molar-refractivity contribution in [3.8, 4) is 0 Å². The number of thiophene rings is 1. The van der Waals surface area contributed by atoms with Gasteiger partial charge in [-0.3, -0.25) is 9.59 Å². The van der Waals surface area contributed by atoms with Gasteiger partial charge in [-0.1, -0.05) is 19.9 Å². The third-order valence-corrected chi connectivity index (χ3v) is 4.80. The first kappa shape index (κ1) is 18.1. The van der Waals surface area contributed by atoms with Gasteiger partial charge in [0, 0.05) is 6.04 Å². The summed E-state index contributed by atoms with van der Waals surface area (Å²) >= 11 is 1.35. The molecule has 130 valence electrons. The average molecular weight is 349 g/mol. The quantitative estimate of drug-likeness (QED) is 0.798. The van der Waals surface area contributed by atoms with Crippen LogP contribution in [0.2, 0.25) is 0 Å². The fourth-order valence-electron chi connectivity index (χ4n) is 2.25. The van der Waals surface area contributed by atoms with Crippen molar-refractivity contribution < 1.29 is 9.59 Å². The highest BCUT2D eigenvalue weighted by Gasteiger charge is 2.27. The average Bonchev–Trinajstić information content (AvgIpc) is 3.23. The molecular weight excluding hydrogens is 326 g/mol. The Bertz CT molecular complexity index is 654. The highest BCUT2D eigenvalue weighted by molar-refractivity contribution is 7.12. The topological polar surface area (TPSA) is 88.9 Å². The van der Waals surface area contributed by atoms with E-state index in [1.807, 2.05) is 39.1 Å². The minimum atomic E-state index is -0.593. The summed E-state index contributed by atoms with van der Waals surface area (Å²) in [5.74, 6) is -0.451. The number of nitrogens with one attached hydrogen (secondary N) is 2. The predicted molar refractivity (Wildman–Crippen MR) is 92.7 cm³/mol. The Hall–Kier alpha value is -2.22. The molecule has 2 aromatic heterocycles. The second-order valence-electron chi connectivity index (χ2n) is 6.09. The molecule has 0 radical (unpaired) electrons. The molecule has 7 nitrogen and oxygen atoms in total. The largest absolute Gasteiger partial charge is 0.350 e. The molecule has 8 heteroatoms. The molecule has 2 heterocycles. The molecule has 2 N–H and O–H groups in total. The van der Waals surface area contributed by atoms with Crippen LogP contribution in [0.4, 0.5) is 0 Å². The fraction of sp³-hybridized carbons (Fsp3) is 0.500. The SMILES string of the molecule is CC(C)C(NC(=O)c1cccs1)C(=O)NC(C)C(C)n1cncn1. The van der Waals surface area contributed by atoms with E-state index in [1.54, 1.807) is 17.1 Å². The van der Waals surface area contributed by atoms with E-state index < -0.39 is 6.04 Å². The Balaban J connectivity index is 1.99. The summed E-state index contributed by atoms with van der Waals surface area (Å²) in [6.45, 7) is 7.67. The first-order valence-electron chi connectivity index (χ1n) is 7.89.